The van der Waals surface area contributed by atoms with Crippen molar-refractivity contribution in [3.8, 4) is 11.5 Å². The number of aliphatic imine (C=N–C) groups is 1. The van der Waals surface area contributed by atoms with E-state index in [1.807, 2.05) is 18.2 Å². The molecule has 7 nitrogen and oxygen atoms in total. The zero-order chi connectivity index (χ0) is 17.9. The first kappa shape index (κ1) is 22.8. The fourth-order valence-corrected chi connectivity index (χ4v) is 2.57. The van der Waals surface area contributed by atoms with Crippen LogP contribution in [0.5, 0.6) is 11.5 Å². The average Bonchev–Trinajstić information content (AvgIpc) is 3.17. The summed E-state index contributed by atoms with van der Waals surface area (Å²) in [5.41, 5.74) is 1.04. The summed E-state index contributed by atoms with van der Waals surface area (Å²) in [5.74, 6) is 2.31. The standard InChI is InChI=1S/C18H29N3O4.HI/c1-19-18(20-8-4-9-25-16-7-10-24-13-16)21-12-14-5-6-15(22-2)11-17(14)23-3;/h5-6,11,16H,4,7-10,12-13H2,1-3H3,(H2,19,20,21);1H. The van der Waals surface area contributed by atoms with Gasteiger partial charge in [0.05, 0.1) is 26.9 Å². The monoisotopic (exact) mass is 479 g/mol. The van der Waals surface area contributed by atoms with E-state index in [4.69, 9.17) is 18.9 Å². The van der Waals surface area contributed by atoms with Crippen LogP contribution in [0.4, 0.5) is 0 Å². The van der Waals surface area contributed by atoms with Gasteiger partial charge in [-0.1, -0.05) is 0 Å². The maximum absolute atomic E-state index is 5.75. The van der Waals surface area contributed by atoms with E-state index < -0.39 is 0 Å². The van der Waals surface area contributed by atoms with Gasteiger partial charge >= 0.3 is 0 Å². The lowest BCUT2D eigenvalue weighted by atomic mass is 10.2. The minimum atomic E-state index is 0. The summed E-state index contributed by atoms with van der Waals surface area (Å²) in [5, 5.41) is 6.57. The molecule has 0 saturated carbocycles. The molecule has 0 bridgehead atoms. The fraction of sp³-hybridized carbons (Fsp3) is 0.611. The molecule has 1 atom stereocenters. The Hall–Kier alpha value is -1.26. The SMILES string of the molecule is CN=C(NCCCOC1CCOC1)NCc1ccc(OC)cc1OC.I. The Kier molecular flexibility index (Phi) is 11.4. The molecule has 2 N–H and O–H groups in total. The number of methoxy groups -OCH3 is 2. The van der Waals surface area contributed by atoms with E-state index in [1.54, 1.807) is 21.3 Å². The second-order valence-corrected chi connectivity index (χ2v) is 5.74. The highest BCUT2D eigenvalue weighted by Gasteiger charge is 2.15. The quantitative estimate of drug-likeness (QED) is 0.245. The molecule has 1 fully saturated rings. The minimum absolute atomic E-state index is 0. The number of hydrogen-bond acceptors (Lipinski definition) is 5. The molecule has 1 saturated heterocycles. The molecule has 1 aliphatic rings. The van der Waals surface area contributed by atoms with E-state index in [2.05, 4.69) is 15.6 Å². The smallest absolute Gasteiger partial charge is 0.191 e. The highest BCUT2D eigenvalue weighted by atomic mass is 127. The molecule has 1 aromatic rings. The van der Waals surface area contributed by atoms with Crippen molar-refractivity contribution in [2.45, 2.75) is 25.5 Å². The van der Waals surface area contributed by atoms with Crippen LogP contribution in [0.15, 0.2) is 23.2 Å². The molecular formula is C18H30IN3O4. The van der Waals surface area contributed by atoms with E-state index >= 15 is 0 Å². The molecule has 1 heterocycles. The predicted octanol–water partition coefficient (Wildman–Crippen LogP) is 2.18. The van der Waals surface area contributed by atoms with Crippen molar-refractivity contribution in [3.05, 3.63) is 23.8 Å². The molecule has 26 heavy (non-hydrogen) atoms. The molecule has 2 rings (SSSR count). The van der Waals surface area contributed by atoms with Crippen LogP contribution in [0, 0.1) is 0 Å². The number of nitrogens with one attached hydrogen (secondary N) is 2. The van der Waals surface area contributed by atoms with Crippen LogP contribution >= 0.6 is 24.0 Å². The van der Waals surface area contributed by atoms with Crippen LogP contribution in [0.2, 0.25) is 0 Å². The van der Waals surface area contributed by atoms with Gasteiger partial charge in [0.1, 0.15) is 11.5 Å². The molecule has 1 aromatic carbocycles. The molecule has 0 aromatic heterocycles. The molecule has 1 unspecified atom stereocenters. The maximum Gasteiger partial charge on any atom is 0.191 e. The summed E-state index contributed by atoms with van der Waals surface area (Å²) in [6.07, 6.45) is 2.18. The van der Waals surface area contributed by atoms with E-state index in [1.165, 1.54) is 0 Å². The van der Waals surface area contributed by atoms with Crippen LogP contribution in [0.1, 0.15) is 18.4 Å². The van der Waals surface area contributed by atoms with Crippen molar-refractivity contribution in [2.24, 2.45) is 4.99 Å². The molecule has 1 aliphatic heterocycles. The lowest BCUT2D eigenvalue weighted by Gasteiger charge is -2.15. The minimum Gasteiger partial charge on any atom is -0.497 e. The summed E-state index contributed by atoms with van der Waals surface area (Å²) in [6, 6.07) is 5.77. The first-order valence-electron chi connectivity index (χ1n) is 8.61. The van der Waals surface area contributed by atoms with Crippen molar-refractivity contribution >= 4 is 29.9 Å². The van der Waals surface area contributed by atoms with Gasteiger partial charge in [0.2, 0.25) is 0 Å². The Morgan fingerprint density at radius 2 is 2.12 bits per heavy atom. The summed E-state index contributed by atoms with van der Waals surface area (Å²) in [7, 11) is 5.05. The lowest BCUT2D eigenvalue weighted by Crippen LogP contribution is -2.37. The van der Waals surface area contributed by atoms with Gasteiger partial charge in [0.25, 0.3) is 0 Å². The Bertz CT molecular complexity index is 551. The predicted molar refractivity (Wildman–Crippen MR) is 113 cm³/mol. The zero-order valence-corrected chi connectivity index (χ0v) is 18.1. The second-order valence-electron chi connectivity index (χ2n) is 5.74. The summed E-state index contributed by atoms with van der Waals surface area (Å²) >= 11 is 0. The number of rotatable bonds is 9. The molecule has 148 valence electrons. The van der Waals surface area contributed by atoms with Crippen molar-refractivity contribution < 1.29 is 18.9 Å². The normalized spacial score (nSPS) is 16.7. The Labute approximate surface area is 172 Å². The van der Waals surface area contributed by atoms with Crippen molar-refractivity contribution in [2.75, 3.05) is 47.6 Å². The van der Waals surface area contributed by atoms with Crippen LogP contribution in [-0.4, -0.2) is 59.7 Å². The summed E-state index contributed by atoms with van der Waals surface area (Å²) in [4.78, 5) is 4.24. The van der Waals surface area contributed by atoms with Crippen LogP contribution in [0.25, 0.3) is 0 Å². The molecule has 0 spiro atoms. The van der Waals surface area contributed by atoms with E-state index in [-0.39, 0.29) is 30.1 Å². The van der Waals surface area contributed by atoms with Gasteiger partial charge in [0.15, 0.2) is 5.96 Å². The number of benzene rings is 1. The third-order valence-electron chi connectivity index (χ3n) is 4.02. The van der Waals surface area contributed by atoms with Crippen molar-refractivity contribution in [1.29, 1.82) is 0 Å². The number of nitrogens with zero attached hydrogens (tertiary/aromatic N) is 1. The van der Waals surface area contributed by atoms with E-state index in [0.717, 1.165) is 62.2 Å². The topological polar surface area (TPSA) is 73.3 Å². The Morgan fingerprint density at radius 1 is 1.27 bits per heavy atom. The fourth-order valence-electron chi connectivity index (χ4n) is 2.57. The van der Waals surface area contributed by atoms with Crippen LogP contribution in [-0.2, 0) is 16.0 Å². The van der Waals surface area contributed by atoms with Gasteiger partial charge in [0, 0.05) is 45.0 Å². The van der Waals surface area contributed by atoms with Crippen molar-refractivity contribution in [3.63, 3.8) is 0 Å². The largest absolute Gasteiger partial charge is 0.497 e. The van der Waals surface area contributed by atoms with Crippen LogP contribution < -0.4 is 20.1 Å². The number of halogens is 1. The number of ether oxygens (including phenoxy) is 4. The molecular weight excluding hydrogens is 449 g/mol. The van der Waals surface area contributed by atoms with Crippen molar-refractivity contribution in [1.82, 2.24) is 10.6 Å². The highest BCUT2D eigenvalue weighted by molar-refractivity contribution is 14.0. The van der Waals surface area contributed by atoms with Gasteiger partial charge in [-0.3, -0.25) is 4.99 Å². The zero-order valence-electron chi connectivity index (χ0n) is 15.7. The summed E-state index contributed by atoms with van der Waals surface area (Å²) in [6.45, 7) is 3.68. The van der Waals surface area contributed by atoms with Gasteiger partial charge in [-0.05, 0) is 25.0 Å². The average molecular weight is 479 g/mol. The van der Waals surface area contributed by atoms with E-state index in [0.29, 0.717) is 6.54 Å². The van der Waals surface area contributed by atoms with Gasteiger partial charge < -0.3 is 29.6 Å². The highest BCUT2D eigenvalue weighted by Crippen LogP contribution is 2.24. The number of hydrogen-bond donors (Lipinski definition) is 2. The van der Waals surface area contributed by atoms with Gasteiger partial charge in [-0.25, -0.2) is 0 Å². The third-order valence-corrected chi connectivity index (χ3v) is 4.02. The van der Waals surface area contributed by atoms with Gasteiger partial charge in [-0.2, -0.15) is 0 Å². The molecule has 0 radical (unpaired) electrons. The maximum atomic E-state index is 5.75. The lowest BCUT2D eigenvalue weighted by molar-refractivity contribution is 0.0420. The third kappa shape index (κ3) is 7.55. The Morgan fingerprint density at radius 3 is 2.77 bits per heavy atom. The first-order chi connectivity index (χ1) is 12.3. The van der Waals surface area contributed by atoms with Crippen LogP contribution in [0.3, 0.4) is 0 Å². The van der Waals surface area contributed by atoms with Gasteiger partial charge in [-0.15, -0.1) is 24.0 Å². The first-order valence-corrected chi connectivity index (χ1v) is 8.61. The number of guanidine groups is 1. The molecule has 0 aliphatic carbocycles. The molecule has 0 amide bonds. The second kappa shape index (κ2) is 13.0. The van der Waals surface area contributed by atoms with E-state index in [9.17, 15) is 0 Å². The molecule has 8 heteroatoms. The summed E-state index contributed by atoms with van der Waals surface area (Å²) < 4.78 is 21.7. The Balaban J connectivity index is 0.00000338.